The number of piperidine rings is 1. The predicted molar refractivity (Wildman–Crippen MR) is 84.7 cm³/mol. The molecule has 1 saturated heterocycles. The molecule has 2 nitrogen and oxygen atoms in total. The van der Waals surface area contributed by atoms with E-state index in [4.69, 9.17) is 5.73 Å². The molecule has 3 unspecified atom stereocenters. The number of hydrogen-bond donors (Lipinski definition) is 1. The summed E-state index contributed by atoms with van der Waals surface area (Å²) in [5.41, 5.74) is 8.97. The normalized spacial score (nSPS) is 28.3. The van der Waals surface area contributed by atoms with Gasteiger partial charge in [0.25, 0.3) is 0 Å². The van der Waals surface area contributed by atoms with Crippen molar-refractivity contribution in [2.24, 2.45) is 11.7 Å². The summed E-state index contributed by atoms with van der Waals surface area (Å²) in [6.45, 7) is 4.60. The standard InChI is InChI=1S/C18H28N2/c1-14-7-9-15(10-8-14)17(19)11-13-20-12-3-5-16-4-2-6-18(16)20/h7-10,16-18H,2-6,11-13,19H2,1H3. The molecule has 2 fully saturated rings. The van der Waals surface area contributed by atoms with Crippen LogP contribution in [0.5, 0.6) is 0 Å². The van der Waals surface area contributed by atoms with E-state index in [2.05, 4.69) is 36.1 Å². The molecule has 0 aromatic heterocycles. The van der Waals surface area contributed by atoms with Gasteiger partial charge in [-0.25, -0.2) is 0 Å². The van der Waals surface area contributed by atoms with E-state index >= 15 is 0 Å². The van der Waals surface area contributed by atoms with Crippen molar-refractivity contribution in [3.63, 3.8) is 0 Å². The molecule has 1 saturated carbocycles. The van der Waals surface area contributed by atoms with E-state index in [1.807, 2.05) is 0 Å². The van der Waals surface area contributed by atoms with Crippen LogP contribution in [0, 0.1) is 12.8 Å². The minimum absolute atomic E-state index is 0.192. The molecule has 0 bridgehead atoms. The zero-order valence-corrected chi connectivity index (χ0v) is 12.7. The molecule has 0 spiro atoms. The first kappa shape index (κ1) is 14.1. The molecule has 2 N–H and O–H groups in total. The Balaban J connectivity index is 1.54. The molecule has 110 valence electrons. The average molecular weight is 272 g/mol. The fourth-order valence-electron chi connectivity index (χ4n) is 4.12. The number of fused-ring (bicyclic) bond motifs is 1. The van der Waals surface area contributed by atoms with Gasteiger partial charge in [-0.1, -0.05) is 36.2 Å². The number of nitrogens with two attached hydrogens (primary N) is 1. The Morgan fingerprint density at radius 1 is 1.15 bits per heavy atom. The summed E-state index contributed by atoms with van der Waals surface area (Å²) >= 11 is 0. The second-order valence-electron chi connectivity index (χ2n) is 6.74. The average Bonchev–Trinajstić information content (AvgIpc) is 2.94. The summed E-state index contributed by atoms with van der Waals surface area (Å²) in [6.07, 6.45) is 8.27. The molecule has 0 amide bonds. The van der Waals surface area contributed by atoms with Gasteiger partial charge in [0, 0.05) is 18.6 Å². The van der Waals surface area contributed by atoms with Crippen LogP contribution in [0.4, 0.5) is 0 Å². The van der Waals surface area contributed by atoms with Gasteiger partial charge in [-0.05, 0) is 57.1 Å². The highest BCUT2D eigenvalue weighted by atomic mass is 15.2. The number of rotatable bonds is 4. The fraction of sp³-hybridized carbons (Fsp3) is 0.667. The van der Waals surface area contributed by atoms with Crippen molar-refractivity contribution in [2.75, 3.05) is 13.1 Å². The summed E-state index contributed by atoms with van der Waals surface area (Å²) in [6, 6.07) is 9.78. The monoisotopic (exact) mass is 272 g/mol. The molecule has 0 radical (unpaired) electrons. The van der Waals surface area contributed by atoms with Gasteiger partial charge < -0.3 is 10.6 Å². The minimum atomic E-state index is 0.192. The molecule has 2 heteroatoms. The largest absolute Gasteiger partial charge is 0.324 e. The molecule has 1 aliphatic heterocycles. The van der Waals surface area contributed by atoms with E-state index in [1.165, 1.54) is 56.3 Å². The van der Waals surface area contributed by atoms with Crippen molar-refractivity contribution in [3.8, 4) is 0 Å². The Hall–Kier alpha value is -0.860. The Morgan fingerprint density at radius 2 is 1.90 bits per heavy atom. The van der Waals surface area contributed by atoms with Crippen molar-refractivity contribution in [1.82, 2.24) is 4.90 Å². The molecule has 1 aromatic rings. The maximum absolute atomic E-state index is 6.37. The van der Waals surface area contributed by atoms with Gasteiger partial charge in [-0.2, -0.15) is 0 Å². The SMILES string of the molecule is Cc1ccc(C(N)CCN2CCCC3CCCC32)cc1. The lowest BCUT2D eigenvalue weighted by Crippen LogP contribution is -2.43. The number of benzene rings is 1. The third-order valence-corrected chi connectivity index (χ3v) is 5.34. The van der Waals surface area contributed by atoms with E-state index in [1.54, 1.807) is 0 Å². The van der Waals surface area contributed by atoms with Crippen molar-refractivity contribution in [1.29, 1.82) is 0 Å². The first-order chi connectivity index (χ1) is 9.74. The summed E-state index contributed by atoms with van der Waals surface area (Å²) < 4.78 is 0. The summed E-state index contributed by atoms with van der Waals surface area (Å²) in [5.74, 6) is 0.986. The molecule has 1 heterocycles. The number of hydrogen-bond acceptors (Lipinski definition) is 2. The van der Waals surface area contributed by atoms with Gasteiger partial charge in [-0.15, -0.1) is 0 Å². The van der Waals surface area contributed by atoms with E-state index in [0.29, 0.717) is 0 Å². The lowest BCUT2D eigenvalue weighted by Gasteiger charge is -2.38. The van der Waals surface area contributed by atoms with Crippen LogP contribution < -0.4 is 5.73 Å². The zero-order chi connectivity index (χ0) is 13.9. The van der Waals surface area contributed by atoms with Gasteiger partial charge >= 0.3 is 0 Å². The maximum atomic E-state index is 6.37. The van der Waals surface area contributed by atoms with Crippen LogP contribution in [0.3, 0.4) is 0 Å². The Morgan fingerprint density at radius 3 is 2.70 bits per heavy atom. The van der Waals surface area contributed by atoms with E-state index in [0.717, 1.165) is 18.4 Å². The first-order valence-corrected chi connectivity index (χ1v) is 8.30. The molecule has 20 heavy (non-hydrogen) atoms. The molecule has 2 aliphatic rings. The van der Waals surface area contributed by atoms with Crippen molar-refractivity contribution >= 4 is 0 Å². The molecule has 3 rings (SSSR count). The second-order valence-corrected chi connectivity index (χ2v) is 6.74. The molecule has 1 aliphatic carbocycles. The first-order valence-electron chi connectivity index (χ1n) is 8.30. The highest BCUT2D eigenvalue weighted by Gasteiger charge is 2.34. The summed E-state index contributed by atoms with van der Waals surface area (Å²) in [4.78, 5) is 2.73. The van der Waals surface area contributed by atoms with E-state index < -0.39 is 0 Å². The van der Waals surface area contributed by atoms with Crippen molar-refractivity contribution in [3.05, 3.63) is 35.4 Å². The number of aryl methyl sites for hydroxylation is 1. The van der Waals surface area contributed by atoms with Crippen LogP contribution in [0.15, 0.2) is 24.3 Å². The van der Waals surface area contributed by atoms with Gasteiger partial charge in [0.05, 0.1) is 0 Å². The number of likely N-dealkylation sites (tertiary alicyclic amines) is 1. The predicted octanol–water partition coefficient (Wildman–Crippen LogP) is 3.65. The van der Waals surface area contributed by atoms with E-state index in [9.17, 15) is 0 Å². The topological polar surface area (TPSA) is 29.3 Å². The lowest BCUT2D eigenvalue weighted by atomic mass is 9.91. The summed E-state index contributed by atoms with van der Waals surface area (Å²) in [5, 5.41) is 0. The van der Waals surface area contributed by atoms with Crippen LogP contribution in [0.25, 0.3) is 0 Å². The van der Waals surface area contributed by atoms with Gasteiger partial charge in [0.15, 0.2) is 0 Å². The number of nitrogens with zero attached hydrogens (tertiary/aromatic N) is 1. The summed E-state index contributed by atoms with van der Waals surface area (Å²) in [7, 11) is 0. The van der Waals surface area contributed by atoms with Crippen LogP contribution in [0.1, 0.15) is 55.7 Å². The van der Waals surface area contributed by atoms with Crippen molar-refractivity contribution in [2.45, 2.75) is 57.5 Å². The highest BCUT2D eigenvalue weighted by Crippen LogP contribution is 2.37. The van der Waals surface area contributed by atoms with Crippen molar-refractivity contribution < 1.29 is 0 Å². The molecular formula is C18H28N2. The van der Waals surface area contributed by atoms with Crippen LogP contribution in [-0.4, -0.2) is 24.0 Å². The van der Waals surface area contributed by atoms with Crippen LogP contribution in [0.2, 0.25) is 0 Å². The van der Waals surface area contributed by atoms with E-state index in [-0.39, 0.29) is 6.04 Å². The van der Waals surface area contributed by atoms with Gasteiger partial charge in [-0.3, -0.25) is 0 Å². The molecule has 1 aromatic carbocycles. The minimum Gasteiger partial charge on any atom is -0.324 e. The third-order valence-electron chi connectivity index (χ3n) is 5.34. The van der Waals surface area contributed by atoms with Gasteiger partial charge in [0.2, 0.25) is 0 Å². The fourth-order valence-corrected chi connectivity index (χ4v) is 4.12. The quantitative estimate of drug-likeness (QED) is 0.906. The Bertz CT molecular complexity index is 426. The lowest BCUT2D eigenvalue weighted by molar-refractivity contribution is 0.109. The Kier molecular flexibility index (Phi) is 4.42. The zero-order valence-electron chi connectivity index (χ0n) is 12.7. The smallest absolute Gasteiger partial charge is 0.0307 e. The van der Waals surface area contributed by atoms with Crippen LogP contribution in [-0.2, 0) is 0 Å². The van der Waals surface area contributed by atoms with Gasteiger partial charge in [0.1, 0.15) is 0 Å². The Labute approximate surface area is 123 Å². The second kappa shape index (κ2) is 6.28. The maximum Gasteiger partial charge on any atom is 0.0307 e. The molecular weight excluding hydrogens is 244 g/mol. The highest BCUT2D eigenvalue weighted by molar-refractivity contribution is 5.23. The third kappa shape index (κ3) is 3.07. The molecule has 3 atom stereocenters. The van der Waals surface area contributed by atoms with Crippen LogP contribution >= 0.6 is 0 Å².